The van der Waals surface area contributed by atoms with Crippen molar-refractivity contribution in [2.75, 3.05) is 25.7 Å². The Morgan fingerprint density at radius 3 is 1.50 bits per heavy atom. The molecular formula is C14H16N2O2S2. The molecule has 0 bridgehead atoms. The number of hydrogen-bond donors (Lipinski definition) is 2. The van der Waals surface area contributed by atoms with E-state index in [4.69, 9.17) is 20.9 Å². The molecule has 106 valence electrons. The third-order valence-corrected chi connectivity index (χ3v) is 5.14. The molecule has 0 saturated heterocycles. The molecule has 0 saturated carbocycles. The summed E-state index contributed by atoms with van der Waals surface area (Å²) in [5.74, 6) is 1.56. The molecule has 0 aliphatic carbocycles. The van der Waals surface area contributed by atoms with E-state index in [9.17, 15) is 0 Å². The third kappa shape index (κ3) is 3.46. The summed E-state index contributed by atoms with van der Waals surface area (Å²) in [6.45, 7) is 0. The van der Waals surface area contributed by atoms with E-state index in [0.29, 0.717) is 11.4 Å². The summed E-state index contributed by atoms with van der Waals surface area (Å²) < 4.78 is 10.4. The van der Waals surface area contributed by atoms with Crippen molar-refractivity contribution < 1.29 is 9.47 Å². The second kappa shape index (κ2) is 6.67. The maximum atomic E-state index is 5.96. The van der Waals surface area contributed by atoms with Crippen molar-refractivity contribution in [3.8, 4) is 11.5 Å². The Labute approximate surface area is 126 Å². The standard InChI is InChI=1S/C14H16N2O2S2/c1-17-9-3-5-11(15)13(7-9)19-20-14-8-10(18-2)4-6-12(14)16/h3-8H,15-16H2,1-2H3. The van der Waals surface area contributed by atoms with Crippen LogP contribution < -0.4 is 20.9 Å². The molecule has 2 aromatic rings. The van der Waals surface area contributed by atoms with E-state index < -0.39 is 0 Å². The van der Waals surface area contributed by atoms with E-state index in [0.717, 1.165) is 21.3 Å². The van der Waals surface area contributed by atoms with Crippen molar-refractivity contribution in [2.45, 2.75) is 9.79 Å². The molecule has 0 unspecified atom stereocenters. The van der Waals surface area contributed by atoms with Crippen LogP contribution in [-0.2, 0) is 0 Å². The highest BCUT2D eigenvalue weighted by Gasteiger charge is 2.07. The zero-order valence-corrected chi connectivity index (χ0v) is 12.9. The fourth-order valence-corrected chi connectivity index (χ4v) is 3.76. The maximum absolute atomic E-state index is 5.96. The molecule has 0 heterocycles. The monoisotopic (exact) mass is 308 g/mol. The van der Waals surface area contributed by atoms with Gasteiger partial charge in [0.1, 0.15) is 11.5 Å². The minimum atomic E-state index is 0.713. The average Bonchev–Trinajstić information content (AvgIpc) is 2.48. The summed E-state index contributed by atoms with van der Waals surface area (Å²) in [4.78, 5) is 1.88. The van der Waals surface area contributed by atoms with Gasteiger partial charge in [0, 0.05) is 21.2 Å². The van der Waals surface area contributed by atoms with E-state index >= 15 is 0 Å². The van der Waals surface area contributed by atoms with Crippen molar-refractivity contribution in [3.63, 3.8) is 0 Å². The summed E-state index contributed by atoms with van der Waals surface area (Å²) in [5.41, 5.74) is 13.3. The van der Waals surface area contributed by atoms with Gasteiger partial charge in [0.05, 0.1) is 14.2 Å². The highest BCUT2D eigenvalue weighted by molar-refractivity contribution is 8.76. The molecule has 6 heteroatoms. The van der Waals surface area contributed by atoms with E-state index in [1.807, 2.05) is 36.4 Å². The van der Waals surface area contributed by atoms with E-state index in [1.54, 1.807) is 14.2 Å². The molecule has 0 aliphatic heterocycles. The highest BCUT2D eigenvalue weighted by Crippen LogP contribution is 2.44. The van der Waals surface area contributed by atoms with Crippen LogP contribution in [0, 0.1) is 0 Å². The smallest absolute Gasteiger partial charge is 0.120 e. The van der Waals surface area contributed by atoms with Crippen LogP contribution in [0.5, 0.6) is 11.5 Å². The van der Waals surface area contributed by atoms with Crippen LogP contribution in [0.15, 0.2) is 46.2 Å². The van der Waals surface area contributed by atoms with Crippen LogP contribution in [0.1, 0.15) is 0 Å². The normalized spacial score (nSPS) is 10.3. The predicted molar refractivity (Wildman–Crippen MR) is 86.5 cm³/mol. The van der Waals surface area contributed by atoms with Gasteiger partial charge in [-0.3, -0.25) is 0 Å². The van der Waals surface area contributed by atoms with Gasteiger partial charge in [0.15, 0.2) is 0 Å². The SMILES string of the molecule is COc1ccc(N)c(SSc2cc(OC)ccc2N)c1. The van der Waals surface area contributed by atoms with Gasteiger partial charge in [0.25, 0.3) is 0 Å². The first kappa shape index (κ1) is 14.7. The molecular weight excluding hydrogens is 292 g/mol. The molecule has 2 rings (SSSR count). The van der Waals surface area contributed by atoms with Crippen molar-refractivity contribution in [1.29, 1.82) is 0 Å². The first-order chi connectivity index (χ1) is 9.63. The number of nitrogens with two attached hydrogens (primary N) is 2. The summed E-state index contributed by atoms with van der Waals surface area (Å²) >= 11 is 0. The Bertz CT molecular complexity index is 552. The number of hydrogen-bond acceptors (Lipinski definition) is 6. The van der Waals surface area contributed by atoms with Gasteiger partial charge in [-0.15, -0.1) is 0 Å². The van der Waals surface area contributed by atoms with E-state index in [2.05, 4.69) is 0 Å². The minimum absolute atomic E-state index is 0.713. The molecule has 0 atom stereocenters. The molecule has 0 aliphatic rings. The largest absolute Gasteiger partial charge is 0.497 e. The topological polar surface area (TPSA) is 70.5 Å². The van der Waals surface area contributed by atoms with Gasteiger partial charge < -0.3 is 20.9 Å². The molecule has 4 N–H and O–H groups in total. The van der Waals surface area contributed by atoms with Gasteiger partial charge in [-0.25, -0.2) is 0 Å². The average molecular weight is 308 g/mol. The number of anilines is 2. The first-order valence-corrected chi connectivity index (χ1v) is 8.00. The van der Waals surface area contributed by atoms with E-state index in [-0.39, 0.29) is 0 Å². The van der Waals surface area contributed by atoms with Crippen LogP contribution in [0.25, 0.3) is 0 Å². The van der Waals surface area contributed by atoms with Crippen molar-refractivity contribution >= 4 is 33.0 Å². The van der Waals surface area contributed by atoms with Crippen molar-refractivity contribution in [2.24, 2.45) is 0 Å². The molecule has 4 nitrogen and oxygen atoms in total. The minimum Gasteiger partial charge on any atom is -0.497 e. The Morgan fingerprint density at radius 1 is 0.750 bits per heavy atom. The summed E-state index contributed by atoms with van der Waals surface area (Å²) in [6, 6.07) is 11.1. The fraction of sp³-hybridized carbons (Fsp3) is 0.143. The Kier molecular flexibility index (Phi) is 4.92. The summed E-state index contributed by atoms with van der Waals surface area (Å²) in [5, 5.41) is 0. The first-order valence-electron chi connectivity index (χ1n) is 5.85. The lowest BCUT2D eigenvalue weighted by molar-refractivity contribution is 0.413. The van der Waals surface area contributed by atoms with Gasteiger partial charge in [-0.05, 0) is 36.4 Å². The van der Waals surface area contributed by atoms with Crippen molar-refractivity contribution in [1.82, 2.24) is 0 Å². The van der Waals surface area contributed by atoms with Crippen LogP contribution in [0.2, 0.25) is 0 Å². The lowest BCUT2D eigenvalue weighted by Crippen LogP contribution is -1.91. The zero-order valence-electron chi connectivity index (χ0n) is 11.3. The molecule has 0 fully saturated rings. The number of nitrogen functional groups attached to an aromatic ring is 2. The fourth-order valence-electron chi connectivity index (χ4n) is 1.52. The van der Waals surface area contributed by atoms with Gasteiger partial charge in [0.2, 0.25) is 0 Å². The van der Waals surface area contributed by atoms with Gasteiger partial charge in [-0.1, -0.05) is 21.6 Å². The third-order valence-electron chi connectivity index (χ3n) is 2.66. The predicted octanol–water partition coefficient (Wildman–Crippen LogP) is 3.67. The second-order valence-electron chi connectivity index (χ2n) is 3.97. The lowest BCUT2D eigenvalue weighted by atomic mass is 10.3. The Hall–Kier alpha value is -1.66. The quantitative estimate of drug-likeness (QED) is 0.649. The van der Waals surface area contributed by atoms with Crippen LogP contribution in [-0.4, -0.2) is 14.2 Å². The highest BCUT2D eigenvalue weighted by atomic mass is 33.1. The number of rotatable bonds is 5. The summed E-state index contributed by atoms with van der Waals surface area (Å²) in [6.07, 6.45) is 0. The number of benzene rings is 2. The number of ether oxygens (including phenoxy) is 2. The molecule has 0 spiro atoms. The molecule has 0 radical (unpaired) electrons. The van der Waals surface area contributed by atoms with Crippen LogP contribution in [0.4, 0.5) is 11.4 Å². The molecule has 0 amide bonds. The van der Waals surface area contributed by atoms with Gasteiger partial charge >= 0.3 is 0 Å². The Morgan fingerprint density at radius 2 is 1.15 bits per heavy atom. The van der Waals surface area contributed by atoms with E-state index in [1.165, 1.54) is 21.6 Å². The maximum Gasteiger partial charge on any atom is 0.120 e. The number of methoxy groups -OCH3 is 2. The van der Waals surface area contributed by atoms with Gasteiger partial charge in [-0.2, -0.15) is 0 Å². The second-order valence-corrected chi connectivity index (χ2v) is 6.19. The van der Waals surface area contributed by atoms with Crippen LogP contribution in [0.3, 0.4) is 0 Å². The molecule has 20 heavy (non-hydrogen) atoms. The molecule has 2 aromatic carbocycles. The Balaban J connectivity index is 2.16. The zero-order chi connectivity index (χ0) is 14.5. The summed E-state index contributed by atoms with van der Waals surface area (Å²) in [7, 11) is 6.34. The van der Waals surface area contributed by atoms with Crippen LogP contribution >= 0.6 is 21.6 Å². The molecule has 0 aromatic heterocycles. The van der Waals surface area contributed by atoms with Crippen molar-refractivity contribution in [3.05, 3.63) is 36.4 Å². The lowest BCUT2D eigenvalue weighted by Gasteiger charge is -2.09.